The molecule has 2 aromatic carbocycles. The van der Waals surface area contributed by atoms with Crippen molar-refractivity contribution in [3.8, 4) is 0 Å². The highest BCUT2D eigenvalue weighted by Crippen LogP contribution is 2.25. The molecule has 1 amide bonds. The summed E-state index contributed by atoms with van der Waals surface area (Å²) in [6.45, 7) is 2.43. The minimum atomic E-state index is -0.0443. The second kappa shape index (κ2) is 6.68. The third-order valence-corrected chi connectivity index (χ3v) is 4.21. The van der Waals surface area contributed by atoms with Gasteiger partial charge in [0.2, 0.25) is 5.91 Å². The Labute approximate surface area is 127 Å². The molecule has 2 aromatic rings. The number of nitrogens with two attached hydrogens (primary N) is 1. The number of carbonyl (C=O) groups is 1. The largest absolute Gasteiger partial charge is 0.326 e. The monoisotopic (exact) mass is 332 g/mol. The van der Waals surface area contributed by atoms with Gasteiger partial charge in [0.1, 0.15) is 0 Å². The summed E-state index contributed by atoms with van der Waals surface area (Å²) in [6, 6.07) is 13.5. The molecule has 0 bridgehead atoms. The molecule has 104 valence electrons. The fourth-order valence-corrected chi connectivity index (χ4v) is 2.40. The molecule has 20 heavy (non-hydrogen) atoms. The maximum atomic E-state index is 12.1. The molecule has 4 heteroatoms. The number of carbonyl (C=O) groups excluding carboxylic acids is 1. The van der Waals surface area contributed by atoms with E-state index in [9.17, 15) is 4.79 Å². The van der Waals surface area contributed by atoms with Crippen molar-refractivity contribution in [2.75, 3.05) is 5.32 Å². The van der Waals surface area contributed by atoms with E-state index in [0.29, 0.717) is 13.0 Å². The average molecular weight is 333 g/mol. The van der Waals surface area contributed by atoms with E-state index in [-0.39, 0.29) is 5.91 Å². The summed E-state index contributed by atoms with van der Waals surface area (Å²) in [5.74, 6) is -0.0443. The van der Waals surface area contributed by atoms with Gasteiger partial charge in [-0.2, -0.15) is 0 Å². The summed E-state index contributed by atoms with van der Waals surface area (Å²) in [6.07, 6.45) is 0.327. The fourth-order valence-electron chi connectivity index (χ4n) is 2.04. The first-order chi connectivity index (χ1) is 9.61. The number of hydrogen-bond acceptors (Lipinski definition) is 2. The van der Waals surface area contributed by atoms with E-state index < -0.39 is 0 Å². The summed E-state index contributed by atoms with van der Waals surface area (Å²) in [4.78, 5) is 12.1. The van der Waals surface area contributed by atoms with Gasteiger partial charge >= 0.3 is 0 Å². The van der Waals surface area contributed by atoms with Gasteiger partial charge in [0.25, 0.3) is 0 Å². The average Bonchev–Trinajstić information content (AvgIpc) is 2.44. The maximum absolute atomic E-state index is 12.1. The fraction of sp³-hybridized carbons (Fsp3) is 0.188. The number of amides is 1. The van der Waals surface area contributed by atoms with Crippen LogP contribution in [0.4, 0.5) is 5.69 Å². The zero-order chi connectivity index (χ0) is 14.5. The lowest BCUT2D eigenvalue weighted by atomic mass is 10.0. The molecule has 0 aromatic heterocycles. The molecule has 2 rings (SSSR count). The topological polar surface area (TPSA) is 55.1 Å². The third kappa shape index (κ3) is 3.46. The van der Waals surface area contributed by atoms with Gasteiger partial charge in [0, 0.05) is 11.0 Å². The van der Waals surface area contributed by atoms with Gasteiger partial charge in [-0.1, -0.05) is 36.4 Å². The van der Waals surface area contributed by atoms with Crippen LogP contribution in [0.1, 0.15) is 16.7 Å². The quantitative estimate of drug-likeness (QED) is 0.901. The molecule has 0 atom stereocenters. The Morgan fingerprint density at radius 3 is 2.55 bits per heavy atom. The van der Waals surface area contributed by atoms with Crippen molar-refractivity contribution in [2.24, 2.45) is 5.73 Å². The Balaban J connectivity index is 2.11. The van der Waals surface area contributed by atoms with E-state index in [1.165, 1.54) is 0 Å². The Hall–Kier alpha value is -1.65. The highest BCUT2D eigenvalue weighted by atomic mass is 79.9. The molecule has 0 radical (unpaired) electrons. The molecule has 0 saturated heterocycles. The second-order valence-electron chi connectivity index (χ2n) is 4.63. The van der Waals surface area contributed by atoms with Crippen LogP contribution in [-0.2, 0) is 17.8 Å². The van der Waals surface area contributed by atoms with Gasteiger partial charge in [-0.25, -0.2) is 0 Å². The summed E-state index contributed by atoms with van der Waals surface area (Å²) in [5.41, 5.74) is 9.54. The Morgan fingerprint density at radius 1 is 1.15 bits per heavy atom. The molecule has 3 nitrogen and oxygen atoms in total. The molecule has 0 fully saturated rings. The van der Waals surface area contributed by atoms with Crippen LogP contribution in [0.25, 0.3) is 0 Å². The zero-order valence-corrected chi connectivity index (χ0v) is 12.9. The molecule has 0 saturated carbocycles. The number of rotatable bonds is 4. The lowest BCUT2D eigenvalue weighted by molar-refractivity contribution is -0.115. The number of nitrogens with one attached hydrogen (secondary N) is 1. The van der Waals surface area contributed by atoms with Crippen LogP contribution in [0.3, 0.4) is 0 Å². The molecule has 0 unspecified atom stereocenters. The van der Waals surface area contributed by atoms with Crippen LogP contribution in [0.5, 0.6) is 0 Å². The van der Waals surface area contributed by atoms with Crippen LogP contribution < -0.4 is 11.1 Å². The van der Waals surface area contributed by atoms with E-state index >= 15 is 0 Å². The molecule has 0 aliphatic heterocycles. The van der Waals surface area contributed by atoms with Crippen molar-refractivity contribution >= 4 is 27.5 Å². The molecule has 0 heterocycles. The number of halogens is 1. The van der Waals surface area contributed by atoms with Crippen LogP contribution in [0, 0.1) is 6.92 Å². The number of benzene rings is 2. The highest BCUT2D eigenvalue weighted by molar-refractivity contribution is 9.10. The SMILES string of the molecule is Cc1cccc(NC(=O)Cc2ccccc2CN)c1Br. The van der Waals surface area contributed by atoms with Crippen LogP contribution in [0.2, 0.25) is 0 Å². The summed E-state index contributed by atoms with van der Waals surface area (Å²) >= 11 is 3.49. The van der Waals surface area contributed by atoms with Gasteiger partial charge in [-0.15, -0.1) is 0 Å². The van der Waals surface area contributed by atoms with Crippen molar-refractivity contribution in [1.82, 2.24) is 0 Å². The summed E-state index contributed by atoms with van der Waals surface area (Å²) in [7, 11) is 0. The lowest BCUT2D eigenvalue weighted by Gasteiger charge is -2.11. The summed E-state index contributed by atoms with van der Waals surface area (Å²) < 4.78 is 0.917. The molecular formula is C16H17BrN2O. The van der Waals surface area contributed by atoms with Crippen molar-refractivity contribution in [3.63, 3.8) is 0 Å². The van der Waals surface area contributed by atoms with E-state index in [4.69, 9.17) is 5.73 Å². The first-order valence-electron chi connectivity index (χ1n) is 6.43. The second-order valence-corrected chi connectivity index (χ2v) is 5.43. The van der Waals surface area contributed by atoms with Crippen molar-refractivity contribution < 1.29 is 4.79 Å². The molecule has 0 spiro atoms. The predicted molar refractivity (Wildman–Crippen MR) is 85.5 cm³/mol. The number of hydrogen-bond donors (Lipinski definition) is 2. The van der Waals surface area contributed by atoms with E-state index in [1.54, 1.807) is 0 Å². The van der Waals surface area contributed by atoms with Crippen molar-refractivity contribution in [2.45, 2.75) is 19.9 Å². The zero-order valence-electron chi connectivity index (χ0n) is 11.3. The Bertz CT molecular complexity index is 626. The standard InChI is InChI=1S/C16H17BrN2O/c1-11-5-4-8-14(16(11)17)19-15(20)9-12-6-2-3-7-13(12)10-18/h2-8H,9-10,18H2,1H3,(H,19,20). The minimum Gasteiger partial charge on any atom is -0.326 e. The van der Waals surface area contributed by atoms with Crippen molar-refractivity contribution in [3.05, 3.63) is 63.6 Å². The molecular weight excluding hydrogens is 316 g/mol. The first kappa shape index (κ1) is 14.8. The van der Waals surface area contributed by atoms with Gasteiger partial charge in [0.05, 0.1) is 12.1 Å². The molecule has 0 aliphatic rings. The molecule has 3 N–H and O–H groups in total. The summed E-state index contributed by atoms with van der Waals surface area (Å²) in [5, 5.41) is 2.92. The van der Waals surface area contributed by atoms with E-state index in [2.05, 4.69) is 21.2 Å². The van der Waals surface area contributed by atoms with Crippen LogP contribution in [0.15, 0.2) is 46.9 Å². The first-order valence-corrected chi connectivity index (χ1v) is 7.23. The smallest absolute Gasteiger partial charge is 0.228 e. The lowest BCUT2D eigenvalue weighted by Crippen LogP contribution is -2.16. The minimum absolute atomic E-state index is 0.0443. The predicted octanol–water partition coefficient (Wildman–Crippen LogP) is 3.40. The van der Waals surface area contributed by atoms with Gasteiger partial charge < -0.3 is 11.1 Å². The third-order valence-electron chi connectivity index (χ3n) is 3.16. The Kier molecular flexibility index (Phi) is 4.93. The van der Waals surface area contributed by atoms with Crippen LogP contribution in [-0.4, -0.2) is 5.91 Å². The van der Waals surface area contributed by atoms with Gasteiger partial charge in [-0.05, 0) is 45.6 Å². The Morgan fingerprint density at radius 2 is 1.85 bits per heavy atom. The normalized spacial score (nSPS) is 10.3. The van der Waals surface area contributed by atoms with E-state index in [1.807, 2.05) is 49.4 Å². The van der Waals surface area contributed by atoms with Crippen LogP contribution >= 0.6 is 15.9 Å². The maximum Gasteiger partial charge on any atom is 0.228 e. The number of anilines is 1. The highest BCUT2D eigenvalue weighted by Gasteiger charge is 2.09. The van der Waals surface area contributed by atoms with Gasteiger partial charge in [-0.3, -0.25) is 4.79 Å². The van der Waals surface area contributed by atoms with Crippen molar-refractivity contribution in [1.29, 1.82) is 0 Å². The molecule has 0 aliphatic carbocycles. The van der Waals surface area contributed by atoms with E-state index in [0.717, 1.165) is 26.9 Å². The number of aryl methyl sites for hydroxylation is 1. The van der Waals surface area contributed by atoms with Gasteiger partial charge in [0.15, 0.2) is 0 Å².